The molecule has 1 aromatic heterocycles. The predicted molar refractivity (Wildman–Crippen MR) is 63.6 cm³/mol. The third-order valence-electron chi connectivity index (χ3n) is 3.49. The van der Waals surface area contributed by atoms with Gasteiger partial charge in [-0.1, -0.05) is 6.92 Å². The summed E-state index contributed by atoms with van der Waals surface area (Å²) in [6, 6.07) is 0. The van der Waals surface area contributed by atoms with Crippen molar-refractivity contribution >= 4 is 5.97 Å². The van der Waals surface area contributed by atoms with Crippen molar-refractivity contribution in [3.63, 3.8) is 0 Å². The van der Waals surface area contributed by atoms with Gasteiger partial charge in [-0.05, 0) is 25.7 Å². The lowest BCUT2D eigenvalue weighted by atomic mass is 9.77. The first-order valence-corrected chi connectivity index (χ1v) is 6.15. The standard InChI is InChI=1S/C12H19N3O2/c1-2-6-15-9-13-7-10(15)8-14-12(11(16)17)4-3-5-12/h7,9,14H,2-6,8H2,1H3,(H,16,17). The Morgan fingerprint density at radius 3 is 2.94 bits per heavy atom. The molecule has 0 spiro atoms. The van der Waals surface area contributed by atoms with Crippen LogP contribution in [0.2, 0.25) is 0 Å². The van der Waals surface area contributed by atoms with Crippen LogP contribution in [0.15, 0.2) is 12.5 Å². The van der Waals surface area contributed by atoms with Gasteiger partial charge in [-0.3, -0.25) is 10.1 Å². The zero-order valence-corrected chi connectivity index (χ0v) is 10.1. The Labute approximate surface area is 101 Å². The van der Waals surface area contributed by atoms with Crippen molar-refractivity contribution in [2.45, 2.75) is 51.2 Å². The van der Waals surface area contributed by atoms with Crippen molar-refractivity contribution in [1.29, 1.82) is 0 Å². The van der Waals surface area contributed by atoms with Crippen LogP contribution in [-0.2, 0) is 17.9 Å². The summed E-state index contributed by atoms with van der Waals surface area (Å²) in [5, 5.41) is 12.4. The molecule has 0 atom stereocenters. The molecular weight excluding hydrogens is 218 g/mol. The molecular formula is C12H19N3O2. The molecule has 0 radical (unpaired) electrons. The van der Waals surface area contributed by atoms with Gasteiger partial charge in [-0.2, -0.15) is 0 Å². The second kappa shape index (κ2) is 4.87. The number of carboxylic acid groups (broad SMARTS) is 1. The van der Waals surface area contributed by atoms with Gasteiger partial charge in [0.1, 0.15) is 5.54 Å². The summed E-state index contributed by atoms with van der Waals surface area (Å²) in [7, 11) is 0. The van der Waals surface area contributed by atoms with Crippen LogP contribution in [0.5, 0.6) is 0 Å². The van der Waals surface area contributed by atoms with E-state index in [1.165, 1.54) is 0 Å². The molecule has 5 heteroatoms. The predicted octanol–water partition coefficient (Wildman–Crippen LogP) is 1.39. The second-order valence-corrected chi connectivity index (χ2v) is 4.67. The van der Waals surface area contributed by atoms with Crippen molar-refractivity contribution in [3.05, 3.63) is 18.2 Å². The zero-order chi connectivity index (χ0) is 12.3. The summed E-state index contributed by atoms with van der Waals surface area (Å²) in [5.41, 5.74) is 0.362. The van der Waals surface area contributed by atoms with Gasteiger partial charge in [-0.25, -0.2) is 4.98 Å². The number of rotatable bonds is 6. The maximum Gasteiger partial charge on any atom is 0.323 e. The number of nitrogens with one attached hydrogen (secondary N) is 1. The molecule has 94 valence electrons. The summed E-state index contributed by atoms with van der Waals surface area (Å²) >= 11 is 0. The Balaban J connectivity index is 1.97. The summed E-state index contributed by atoms with van der Waals surface area (Å²) < 4.78 is 2.07. The van der Waals surface area contributed by atoms with Gasteiger partial charge in [0, 0.05) is 19.3 Å². The maximum atomic E-state index is 11.2. The molecule has 2 N–H and O–H groups in total. The minimum absolute atomic E-state index is 0.576. The van der Waals surface area contributed by atoms with Crippen molar-refractivity contribution in [2.24, 2.45) is 0 Å². The molecule has 0 saturated heterocycles. The third-order valence-corrected chi connectivity index (χ3v) is 3.49. The third kappa shape index (κ3) is 2.34. The number of nitrogens with zero attached hydrogens (tertiary/aromatic N) is 2. The van der Waals surface area contributed by atoms with Crippen LogP contribution in [0.25, 0.3) is 0 Å². The Kier molecular flexibility index (Phi) is 3.47. The number of imidazole rings is 1. The molecule has 0 amide bonds. The fourth-order valence-corrected chi connectivity index (χ4v) is 2.19. The number of hydrogen-bond donors (Lipinski definition) is 2. The molecule has 2 rings (SSSR count). The van der Waals surface area contributed by atoms with Crippen LogP contribution in [-0.4, -0.2) is 26.2 Å². The molecule has 17 heavy (non-hydrogen) atoms. The van der Waals surface area contributed by atoms with Gasteiger partial charge in [-0.15, -0.1) is 0 Å². The molecule has 1 aliphatic rings. The van der Waals surface area contributed by atoms with Gasteiger partial charge in [0.15, 0.2) is 0 Å². The normalized spacial score (nSPS) is 17.7. The molecule has 1 saturated carbocycles. The summed E-state index contributed by atoms with van der Waals surface area (Å²) in [6.07, 6.45) is 7.10. The van der Waals surface area contributed by atoms with Crippen molar-refractivity contribution < 1.29 is 9.90 Å². The van der Waals surface area contributed by atoms with Gasteiger partial charge < -0.3 is 9.67 Å². The number of carboxylic acids is 1. The summed E-state index contributed by atoms with van der Waals surface area (Å²) in [6.45, 7) is 3.62. The van der Waals surface area contributed by atoms with Crippen molar-refractivity contribution in [3.8, 4) is 0 Å². The minimum atomic E-state index is -0.731. The first-order valence-electron chi connectivity index (χ1n) is 6.15. The molecule has 1 aromatic rings. The van der Waals surface area contributed by atoms with E-state index in [0.29, 0.717) is 6.54 Å². The smallest absolute Gasteiger partial charge is 0.323 e. The van der Waals surface area contributed by atoms with Crippen LogP contribution in [0.3, 0.4) is 0 Å². The Morgan fingerprint density at radius 2 is 2.41 bits per heavy atom. The number of hydrogen-bond acceptors (Lipinski definition) is 3. The molecule has 0 aliphatic heterocycles. The lowest BCUT2D eigenvalue weighted by Crippen LogP contribution is -2.56. The lowest BCUT2D eigenvalue weighted by Gasteiger charge is -2.38. The van der Waals surface area contributed by atoms with Crippen LogP contribution >= 0.6 is 0 Å². The molecule has 5 nitrogen and oxygen atoms in total. The van der Waals surface area contributed by atoms with Crippen LogP contribution in [0.4, 0.5) is 0 Å². The molecule has 1 fully saturated rings. The maximum absolute atomic E-state index is 11.2. The monoisotopic (exact) mass is 237 g/mol. The van der Waals surface area contributed by atoms with Gasteiger partial charge in [0.05, 0.1) is 12.0 Å². The van der Waals surface area contributed by atoms with Gasteiger partial charge in [0.25, 0.3) is 0 Å². The number of aryl methyl sites for hydroxylation is 1. The van der Waals surface area contributed by atoms with E-state index in [-0.39, 0.29) is 0 Å². The average molecular weight is 237 g/mol. The summed E-state index contributed by atoms with van der Waals surface area (Å²) in [4.78, 5) is 15.3. The van der Waals surface area contributed by atoms with E-state index in [9.17, 15) is 9.90 Å². The fraction of sp³-hybridized carbons (Fsp3) is 0.667. The SMILES string of the molecule is CCCn1cncc1CNC1(C(=O)O)CCC1. The average Bonchev–Trinajstić information content (AvgIpc) is 2.64. The van der Waals surface area contributed by atoms with Crippen LogP contribution < -0.4 is 5.32 Å². The number of carbonyl (C=O) groups is 1. The van der Waals surface area contributed by atoms with Gasteiger partial charge in [0.2, 0.25) is 0 Å². The van der Waals surface area contributed by atoms with E-state index in [1.807, 2.05) is 0 Å². The molecule has 0 bridgehead atoms. The topological polar surface area (TPSA) is 67.2 Å². The van der Waals surface area contributed by atoms with Crippen LogP contribution in [0, 0.1) is 0 Å². The highest BCUT2D eigenvalue weighted by Crippen LogP contribution is 2.32. The van der Waals surface area contributed by atoms with Crippen molar-refractivity contribution in [1.82, 2.24) is 14.9 Å². The van der Waals surface area contributed by atoms with E-state index in [1.54, 1.807) is 12.5 Å². The highest BCUT2D eigenvalue weighted by Gasteiger charge is 2.43. The molecule has 1 aliphatic carbocycles. The first kappa shape index (κ1) is 12.1. The lowest BCUT2D eigenvalue weighted by molar-refractivity contribution is -0.148. The second-order valence-electron chi connectivity index (χ2n) is 4.67. The molecule has 0 unspecified atom stereocenters. The van der Waals surface area contributed by atoms with Gasteiger partial charge >= 0.3 is 5.97 Å². The Bertz CT molecular complexity index is 396. The first-order chi connectivity index (χ1) is 8.18. The number of aromatic nitrogens is 2. The minimum Gasteiger partial charge on any atom is -0.480 e. The zero-order valence-electron chi connectivity index (χ0n) is 10.1. The Hall–Kier alpha value is -1.36. The van der Waals surface area contributed by atoms with E-state index in [4.69, 9.17) is 0 Å². The van der Waals surface area contributed by atoms with E-state index >= 15 is 0 Å². The highest BCUT2D eigenvalue weighted by atomic mass is 16.4. The van der Waals surface area contributed by atoms with E-state index < -0.39 is 11.5 Å². The van der Waals surface area contributed by atoms with E-state index in [2.05, 4.69) is 21.8 Å². The Morgan fingerprint density at radius 1 is 1.65 bits per heavy atom. The number of aliphatic carboxylic acids is 1. The van der Waals surface area contributed by atoms with Crippen molar-refractivity contribution in [2.75, 3.05) is 0 Å². The molecule has 1 heterocycles. The molecule has 0 aromatic carbocycles. The summed E-state index contributed by atoms with van der Waals surface area (Å²) in [5.74, 6) is -0.731. The fourth-order valence-electron chi connectivity index (χ4n) is 2.19. The van der Waals surface area contributed by atoms with Crippen LogP contribution in [0.1, 0.15) is 38.3 Å². The largest absolute Gasteiger partial charge is 0.480 e. The van der Waals surface area contributed by atoms with E-state index in [0.717, 1.165) is 37.9 Å². The highest BCUT2D eigenvalue weighted by molar-refractivity contribution is 5.79. The quantitative estimate of drug-likeness (QED) is 0.784.